The van der Waals surface area contributed by atoms with Crippen molar-refractivity contribution in [2.75, 3.05) is 30.9 Å². The molecule has 1 aromatic heterocycles. The number of benzene rings is 2. The van der Waals surface area contributed by atoms with Gasteiger partial charge in [-0.25, -0.2) is 9.18 Å². The molecule has 0 spiro atoms. The van der Waals surface area contributed by atoms with Gasteiger partial charge in [0.1, 0.15) is 11.6 Å². The van der Waals surface area contributed by atoms with Gasteiger partial charge in [-0.05, 0) is 36.2 Å². The van der Waals surface area contributed by atoms with Crippen molar-refractivity contribution in [2.24, 2.45) is 0 Å². The number of nitrogens with two attached hydrogens (primary N) is 1. The van der Waals surface area contributed by atoms with Crippen LogP contribution in [0.2, 0.25) is 0 Å². The Hall–Kier alpha value is -3.72. The van der Waals surface area contributed by atoms with Gasteiger partial charge in [-0.15, -0.1) is 0 Å². The number of nitrogens with one attached hydrogen (secondary N) is 1. The van der Waals surface area contributed by atoms with E-state index in [1.165, 1.54) is 28.7 Å². The minimum absolute atomic E-state index is 0.112. The molecule has 162 valence electrons. The monoisotopic (exact) mass is 426 g/mol. The lowest BCUT2D eigenvalue weighted by atomic mass is 10.1. The number of amides is 1. The molecule has 9 heteroatoms. The van der Waals surface area contributed by atoms with E-state index in [9.17, 15) is 18.8 Å². The van der Waals surface area contributed by atoms with Crippen molar-refractivity contribution in [2.45, 2.75) is 13.0 Å². The van der Waals surface area contributed by atoms with E-state index in [0.717, 1.165) is 17.7 Å². The minimum atomic E-state index is -0.778. The zero-order valence-corrected chi connectivity index (χ0v) is 17.0. The lowest BCUT2D eigenvalue weighted by molar-refractivity contribution is 0.0983. The maximum absolute atomic E-state index is 13.3. The summed E-state index contributed by atoms with van der Waals surface area (Å²) in [5.41, 5.74) is 5.62. The first-order valence-corrected chi connectivity index (χ1v) is 9.65. The number of hydrogen-bond donors (Lipinski definition) is 2. The van der Waals surface area contributed by atoms with Crippen molar-refractivity contribution >= 4 is 17.4 Å². The van der Waals surface area contributed by atoms with Gasteiger partial charge >= 0.3 is 5.69 Å². The average molecular weight is 426 g/mol. The number of methoxy groups -OCH3 is 1. The molecule has 3 rings (SSSR count). The van der Waals surface area contributed by atoms with Crippen LogP contribution in [0.25, 0.3) is 0 Å². The summed E-state index contributed by atoms with van der Waals surface area (Å²) < 4.78 is 19.6. The topological polar surface area (TPSA) is 110 Å². The second-order valence-corrected chi connectivity index (χ2v) is 6.87. The Morgan fingerprint density at radius 1 is 1.13 bits per heavy atom. The van der Waals surface area contributed by atoms with Crippen molar-refractivity contribution < 1.29 is 13.9 Å². The summed E-state index contributed by atoms with van der Waals surface area (Å²) >= 11 is 0. The molecule has 8 nitrogen and oxygen atoms in total. The Morgan fingerprint density at radius 2 is 1.81 bits per heavy atom. The first-order chi connectivity index (χ1) is 14.9. The molecule has 1 amide bonds. The number of aromatic nitrogens is 2. The molecule has 0 saturated heterocycles. The Labute approximate surface area is 177 Å². The number of nitrogen functional groups attached to an aromatic ring is 1. The molecular weight excluding hydrogens is 403 g/mol. The molecule has 0 atom stereocenters. The highest BCUT2D eigenvalue weighted by Gasteiger charge is 2.25. The SMILES string of the molecule is COCCCN(C(=O)c1ccc(F)cc1)c1c(N)n(Cc2ccccc2)c(=O)[nH]c1=O. The third-order valence-corrected chi connectivity index (χ3v) is 4.73. The van der Waals surface area contributed by atoms with E-state index in [2.05, 4.69) is 4.98 Å². The molecule has 0 radical (unpaired) electrons. The summed E-state index contributed by atoms with van der Waals surface area (Å²) in [6.45, 7) is 0.571. The molecule has 0 unspecified atom stereocenters. The van der Waals surface area contributed by atoms with E-state index in [-0.39, 0.29) is 30.2 Å². The smallest absolute Gasteiger partial charge is 0.330 e. The van der Waals surface area contributed by atoms with Crippen LogP contribution in [-0.4, -0.2) is 35.7 Å². The third kappa shape index (κ3) is 5.07. The summed E-state index contributed by atoms with van der Waals surface area (Å²) in [7, 11) is 1.52. The third-order valence-electron chi connectivity index (χ3n) is 4.73. The van der Waals surface area contributed by atoms with Crippen molar-refractivity contribution in [1.82, 2.24) is 9.55 Å². The zero-order chi connectivity index (χ0) is 22.4. The van der Waals surface area contributed by atoms with Crippen LogP contribution in [0.1, 0.15) is 22.3 Å². The molecule has 3 aromatic rings. The van der Waals surface area contributed by atoms with E-state index < -0.39 is 23.0 Å². The Bertz CT molecular complexity index is 1160. The van der Waals surface area contributed by atoms with Crippen LogP contribution in [0.15, 0.2) is 64.2 Å². The maximum atomic E-state index is 13.3. The Morgan fingerprint density at radius 3 is 2.45 bits per heavy atom. The van der Waals surface area contributed by atoms with Crippen LogP contribution < -0.4 is 21.9 Å². The molecule has 3 N–H and O–H groups in total. The van der Waals surface area contributed by atoms with E-state index in [1.54, 1.807) is 0 Å². The van der Waals surface area contributed by atoms with E-state index in [0.29, 0.717) is 13.0 Å². The van der Waals surface area contributed by atoms with E-state index >= 15 is 0 Å². The number of H-pyrrole nitrogens is 1. The zero-order valence-electron chi connectivity index (χ0n) is 17.0. The fraction of sp³-hybridized carbons (Fsp3) is 0.227. The number of hydrogen-bond acceptors (Lipinski definition) is 5. The molecular formula is C22H23FN4O4. The molecule has 0 saturated carbocycles. The quantitative estimate of drug-likeness (QED) is 0.535. The summed E-state index contributed by atoms with van der Waals surface area (Å²) in [5, 5.41) is 0. The molecule has 2 aromatic carbocycles. The van der Waals surface area contributed by atoms with Gasteiger partial charge in [0.15, 0.2) is 5.69 Å². The lowest BCUT2D eigenvalue weighted by Crippen LogP contribution is -2.42. The second kappa shape index (κ2) is 9.86. The van der Waals surface area contributed by atoms with Crippen LogP contribution in [0.4, 0.5) is 15.9 Å². The molecule has 0 aliphatic rings. The molecule has 0 aliphatic carbocycles. The molecule has 31 heavy (non-hydrogen) atoms. The van der Waals surface area contributed by atoms with Gasteiger partial charge in [0.05, 0.1) is 6.54 Å². The summed E-state index contributed by atoms with van der Waals surface area (Å²) in [6.07, 6.45) is 0.417. The predicted molar refractivity (Wildman–Crippen MR) is 116 cm³/mol. The van der Waals surface area contributed by atoms with Crippen LogP contribution in [0, 0.1) is 5.82 Å². The first-order valence-electron chi connectivity index (χ1n) is 9.65. The van der Waals surface area contributed by atoms with Crippen LogP contribution in [0.5, 0.6) is 0 Å². The van der Waals surface area contributed by atoms with Gasteiger partial charge in [0.2, 0.25) is 0 Å². The van der Waals surface area contributed by atoms with Gasteiger partial charge in [0, 0.05) is 25.8 Å². The van der Waals surface area contributed by atoms with Crippen molar-refractivity contribution in [3.8, 4) is 0 Å². The Balaban J connectivity index is 2.08. The van der Waals surface area contributed by atoms with Gasteiger partial charge in [-0.1, -0.05) is 30.3 Å². The summed E-state index contributed by atoms with van der Waals surface area (Å²) in [4.78, 5) is 41.7. The molecule has 0 bridgehead atoms. The van der Waals surface area contributed by atoms with Gasteiger partial charge < -0.3 is 15.4 Å². The number of ether oxygens (including phenoxy) is 1. The molecule has 0 fully saturated rings. The van der Waals surface area contributed by atoms with Crippen molar-refractivity contribution in [3.05, 3.63) is 92.4 Å². The number of halogens is 1. The van der Waals surface area contributed by atoms with Gasteiger partial charge in [0.25, 0.3) is 11.5 Å². The highest BCUT2D eigenvalue weighted by atomic mass is 19.1. The van der Waals surface area contributed by atoms with Crippen LogP contribution in [-0.2, 0) is 11.3 Å². The second-order valence-electron chi connectivity index (χ2n) is 6.87. The van der Waals surface area contributed by atoms with Crippen LogP contribution in [0.3, 0.4) is 0 Å². The minimum Gasteiger partial charge on any atom is -0.385 e. The number of rotatable bonds is 8. The van der Waals surface area contributed by atoms with Crippen LogP contribution >= 0.6 is 0 Å². The van der Waals surface area contributed by atoms with Gasteiger partial charge in [-0.3, -0.25) is 19.1 Å². The summed E-state index contributed by atoms with van der Waals surface area (Å²) in [6, 6.07) is 14.1. The van der Waals surface area contributed by atoms with E-state index in [4.69, 9.17) is 10.5 Å². The number of aromatic amines is 1. The number of nitrogens with zero attached hydrogens (tertiary/aromatic N) is 2. The first kappa shape index (κ1) is 22.0. The number of anilines is 2. The summed E-state index contributed by atoms with van der Waals surface area (Å²) in [5.74, 6) is -1.17. The highest BCUT2D eigenvalue weighted by Crippen LogP contribution is 2.21. The standard InChI is InChI=1S/C22H23FN4O4/c1-31-13-5-12-26(21(29)16-8-10-17(23)11-9-16)18-19(24)27(22(30)25-20(18)28)14-15-6-3-2-4-7-15/h2-4,6-11H,5,12-14,24H2,1H3,(H,25,28,30). The largest absolute Gasteiger partial charge is 0.385 e. The van der Waals surface area contributed by atoms with E-state index in [1.807, 2.05) is 30.3 Å². The maximum Gasteiger partial charge on any atom is 0.330 e. The average Bonchev–Trinajstić information content (AvgIpc) is 2.76. The fourth-order valence-electron chi connectivity index (χ4n) is 3.19. The lowest BCUT2D eigenvalue weighted by Gasteiger charge is -2.24. The van der Waals surface area contributed by atoms with Gasteiger partial charge in [-0.2, -0.15) is 0 Å². The van der Waals surface area contributed by atoms with Crippen molar-refractivity contribution in [3.63, 3.8) is 0 Å². The number of carbonyl (C=O) groups excluding carboxylic acids is 1. The highest BCUT2D eigenvalue weighted by molar-refractivity contribution is 6.07. The molecule has 0 aliphatic heterocycles. The fourth-order valence-corrected chi connectivity index (χ4v) is 3.19. The molecule has 1 heterocycles. The normalized spacial score (nSPS) is 10.8. The predicted octanol–water partition coefficient (Wildman–Crippen LogP) is 1.99. The van der Waals surface area contributed by atoms with Crippen molar-refractivity contribution in [1.29, 1.82) is 0 Å². The number of carbonyl (C=O) groups is 1. The Kier molecular flexibility index (Phi) is 6.99.